The number of ether oxygens (including phenoxy) is 2. The molecule has 0 radical (unpaired) electrons. The molecule has 0 unspecified atom stereocenters. The molecule has 4 nitrogen and oxygen atoms in total. The van der Waals surface area contributed by atoms with E-state index in [1.54, 1.807) is 6.92 Å². The zero-order chi connectivity index (χ0) is 17.8. The van der Waals surface area contributed by atoms with Gasteiger partial charge in [0.2, 0.25) is 0 Å². The summed E-state index contributed by atoms with van der Waals surface area (Å²) in [6.45, 7) is 3.22. The zero-order valence-corrected chi connectivity index (χ0v) is 14.6. The molecule has 8 heteroatoms. The van der Waals surface area contributed by atoms with E-state index in [0.717, 1.165) is 19.9 Å². The monoisotopic (exact) mass is 397 g/mol. The average molecular weight is 398 g/mol. The number of carbonyl (C=O) groups is 1. The Morgan fingerprint density at radius 2 is 2.00 bits per heavy atom. The summed E-state index contributed by atoms with van der Waals surface area (Å²) in [7, 11) is 0. The molecule has 0 spiro atoms. The van der Waals surface area contributed by atoms with Crippen molar-refractivity contribution in [2.24, 2.45) is 5.73 Å². The summed E-state index contributed by atoms with van der Waals surface area (Å²) < 4.78 is 53.1. The Balaban J connectivity index is 2.98. The van der Waals surface area contributed by atoms with Crippen LogP contribution in [0.25, 0.3) is 0 Å². The van der Waals surface area contributed by atoms with E-state index < -0.39 is 36.0 Å². The molecular formula is C15H19BrF3NO3. The molecule has 0 aliphatic carbocycles. The van der Waals surface area contributed by atoms with Crippen LogP contribution in [0.15, 0.2) is 22.7 Å². The van der Waals surface area contributed by atoms with Gasteiger partial charge in [0.25, 0.3) is 5.92 Å². The predicted molar refractivity (Wildman–Crippen MR) is 82.6 cm³/mol. The first kappa shape index (κ1) is 19.9. The number of rotatable bonds is 7. The number of carbonyl (C=O) groups excluding carboxylic acids is 1. The normalized spacial score (nSPS) is 13.7. The number of esters is 1. The van der Waals surface area contributed by atoms with Gasteiger partial charge in [-0.3, -0.25) is 0 Å². The number of hydrogen-bond donors (Lipinski definition) is 1. The fourth-order valence-corrected chi connectivity index (χ4v) is 2.24. The molecule has 0 aliphatic rings. The van der Waals surface area contributed by atoms with Crippen LogP contribution in [0.1, 0.15) is 32.4 Å². The van der Waals surface area contributed by atoms with Gasteiger partial charge in [-0.1, -0.05) is 15.9 Å². The van der Waals surface area contributed by atoms with Crippen LogP contribution in [0.5, 0.6) is 0 Å². The molecule has 23 heavy (non-hydrogen) atoms. The molecule has 0 bridgehead atoms. The van der Waals surface area contributed by atoms with Crippen LogP contribution >= 0.6 is 15.9 Å². The van der Waals surface area contributed by atoms with Crippen molar-refractivity contribution in [1.82, 2.24) is 0 Å². The van der Waals surface area contributed by atoms with Gasteiger partial charge in [-0.25, -0.2) is 18.0 Å². The third-order valence-corrected chi connectivity index (χ3v) is 3.84. The smallest absolute Gasteiger partial charge is 0.332 e. The maximum atomic E-state index is 14.6. The summed E-state index contributed by atoms with van der Waals surface area (Å²) in [5.41, 5.74) is 3.13. The second-order valence-corrected chi connectivity index (χ2v) is 6.29. The van der Waals surface area contributed by atoms with Crippen LogP contribution in [-0.4, -0.2) is 30.7 Å². The lowest BCUT2D eigenvalue weighted by Gasteiger charge is -2.37. The van der Waals surface area contributed by atoms with E-state index in [4.69, 9.17) is 10.5 Å². The fraction of sp³-hybridized carbons (Fsp3) is 0.533. The van der Waals surface area contributed by atoms with Crippen molar-refractivity contribution in [3.8, 4) is 0 Å². The van der Waals surface area contributed by atoms with Crippen molar-refractivity contribution in [2.45, 2.75) is 38.3 Å². The van der Waals surface area contributed by atoms with Gasteiger partial charge in [-0.2, -0.15) is 0 Å². The van der Waals surface area contributed by atoms with Gasteiger partial charge in [-0.15, -0.1) is 0 Å². The minimum atomic E-state index is -3.64. The first-order chi connectivity index (χ1) is 10.5. The fourth-order valence-electron chi connectivity index (χ4n) is 1.86. The number of halogens is 4. The molecule has 1 aromatic rings. The lowest BCUT2D eigenvalue weighted by molar-refractivity contribution is -0.209. The highest BCUT2D eigenvalue weighted by molar-refractivity contribution is 9.10. The van der Waals surface area contributed by atoms with Gasteiger partial charge < -0.3 is 15.2 Å². The van der Waals surface area contributed by atoms with E-state index in [1.165, 1.54) is 12.1 Å². The molecule has 0 heterocycles. The SMILES string of the molecule is CCOC(=O)COC(C)(C)C(F)(F)[C@H](N)c1cc(Br)ccc1F. The van der Waals surface area contributed by atoms with Gasteiger partial charge >= 0.3 is 5.97 Å². The van der Waals surface area contributed by atoms with E-state index in [-0.39, 0.29) is 12.2 Å². The first-order valence-electron chi connectivity index (χ1n) is 6.91. The van der Waals surface area contributed by atoms with Crippen LogP contribution in [0.2, 0.25) is 0 Å². The Bertz CT molecular complexity index is 567. The highest BCUT2D eigenvalue weighted by Gasteiger charge is 2.54. The van der Waals surface area contributed by atoms with Gasteiger partial charge in [0.05, 0.1) is 6.61 Å². The van der Waals surface area contributed by atoms with Crippen molar-refractivity contribution in [3.63, 3.8) is 0 Å². The number of benzene rings is 1. The molecule has 1 aromatic carbocycles. The molecule has 0 aliphatic heterocycles. The standard InChI is InChI=1S/C15H19BrF3NO3/c1-4-22-12(21)8-23-14(2,3)15(18,19)13(20)10-7-9(16)5-6-11(10)17/h5-7,13H,4,8,20H2,1-3H3/t13-/m1/s1. The minimum Gasteiger partial charge on any atom is -0.464 e. The molecule has 1 rings (SSSR count). The highest BCUT2D eigenvalue weighted by atomic mass is 79.9. The second kappa shape index (κ2) is 7.63. The van der Waals surface area contributed by atoms with E-state index in [2.05, 4.69) is 20.7 Å². The topological polar surface area (TPSA) is 61.5 Å². The van der Waals surface area contributed by atoms with Gasteiger partial charge in [-0.05, 0) is 39.0 Å². The van der Waals surface area contributed by atoms with Gasteiger partial charge in [0, 0.05) is 10.0 Å². The Kier molecular flexibility index (Phi) is 6.61. The van der Waals surface area contributed by atoms with Crippen molar-refractivity contribution < 1.29 is 27.4 Å². The summed E-state index contributed by atoms with van der Waals surface area (Å²) in [6, 6.07) is 1.67. The van der Waals surface area contributed by atoms with E-state index in [9.17, 15) is 18.0 Å². The highest BCUT2D eigenvalue weighted by Crippen LogP contribution is 2.41. The Hall–Kier alpha value is -1.12. The maximum Gasteiger partial charge on any atom is 0.332 e. The summed E-state index contributed by atoms with van der Waals surface area (Å²) in [5.74, 6) is -5.25. The van der Waals surface area contributed by atoms with E-state index in [1.807, 2.05) is 0 Å². The molecule has 2 N–H and O–H groups in total. The molecular weight excluding hydrogens is 379 g/mol. The summed E-state index contributed by atoms with van der Waals surface area (Å²) >= 11 is 3.09. The van der Waals surface area contributed by atoms with Crippen LogP contribution in [0.3, 0.4) is 0 Å². The van der Waals surface area contributed by atoms with Crippen LogP contribution < -0.4 is 5.73 Å². The Morgan fingerprint density at radius 1 is 1.39 bits per heavy atom. The third kappa shape index (κ3) is 4.68. The van der Waals surface area contributed by atoms with Crippen LogP contribution in [0.4, 0.5) is 13.2 Å². The molecule has 0 saturated heterocycles. The van der Waals surface area contributed by atoms with Crippen LogP contribution in [-0.2, 0) is 14.3 Å². The second-order valence-electron chi connectivity index (χ2n) is 5.37. The molecule has 130 valence electrons. The largest absolute Gasteiger partial charge is 0.464 e. The van der Waals surface area contributed by atoms with Crippen molar-refractivity contribution in [1.29, 1.82) is 0 Å². The molecule has 1 atom stereocenters. The summed E-state index contributed by atoms with van der Waals surface area (Å²) in [5, 5.41) is 0. The quantitative estimate of drug-likeness (QED) is 0.714. The van der Waals surface area contributed by atoms with E-state index >= 15 is 0 Å². The molecule has 0 amide bonds. The summed E-state index contributed by atoms with van der Waals surface area (Å²) in [6.07, 6.45) is 0. The maximum absolute atomic E-state index is 14.6. The minimum absolute atomic E-state index is 0.113. The lowest BCUT2D eigenvalue weighted by atomic mass is 9.89. The Labute approximate surface area is 141 Å². The van der Waals surface area contributed by atoms with E-state index in [0.29, 0.717) is 4.47 Å². The zero-order valence-electron chi connectivity index (χ0n) is 13.0. The van der Waals surface area contributed by atoms with Crippen molar-refractivity contribution in [2.75, 3.05) is 13.2 Å². The summed E-state index contributed by atoms with van der Waals surface area (Å²) in [4.78, 5) is 11.3. The first-order valence-corrected chi connectivity index (χ1v) is 7.70. The number of alkyl halides is 2. The number of hydrogen-bond acceptors (Lipinski definition) is 4. The predicted octanol–water partition coefficient (Wildman–Crippen LogP) is 3.58. The van der Waals surface area contributed by atoms with Gasteiger partial charge in [0.15, 0.2) is 0 Å². The molecule has 0 fully saturated rings. The average Bonchev–Trinajstić information content (AvgIpc) is 2.47. The van der Waals surface area contributed by atoms with Crippen molar-refractivity contribution >= 4 is 21.9 Å². The lowest BCUT2D eigenvalue weighted by Crippen LogP contribution is -2.52. The van der Waals surface area contributed by atoms with Gasteiger partial charge in [0.1, 0.15) is 24.1 Å². The third-order valence-electron chi connectivity index (χ3n) is 3.34. The Morgan fingerprint density at radius 3 is 2.57 bits per heavy atom. The number of nitrogens with two attached hydrogens (primary N) is 1. The van der Waals surface area contributed by atoms with Crippen molar-refractivity contribution in [3.05, 3.63) is 34.1 Å². The van der Waals surface area contributed by atoms with Crippen LogP contribution in [0, 0.1) is 5.82 Å². The molecule has 0 aromatic heterocycles. The molecule has 0 saturated carbocycles.